The lowest BCUT2D eigenvalue weighted by Crippen LogP contribution is -2.45. The van der Waals surface area contributed by atoms with E-state index in [-0.39, 0.29) is 28.0 Å². The predicted octanol–water partition coefficient (Wildman–Crippen LogP) is 1.82. The van der Waals surface area contributed by atoms with Crippen molar-refractivity contribution in [3.05, 3.63) is 35.4 Å². The zero-order chi connectivity index (χ0) is 20.3. The van der Waals surface area contributed by atoms with Crippen molar-refractivity contribution in [3.63, 3.8) is 0 Å². The summed E-state index contributed by atoms with van der Waals surface area (Å²) in [6, 6.07) is 5.41. The van der Waals surface area contributed by atoms with E-state index in [9.17, 15) is 19.2 Å². The fourth-order valence-corrected chi connectivity index (χ4v) is 4.08. The lowest BCUT2D eigenvalue weighted by Gasteiger charge is -2.20. The fourth-order valence-electron chi connectivity index (χ4n) is 2.53. The van der Waals surface area contributed by atoms with Gasteiger partial charge in [-0.15, -0.1) is 10.2 Å². The summed E-state index contributed by atoms with van der Waals surface area (Å²) in [6.45, 7) is 3.48. The third kappa shape index (κ3) is 4.04. The van der Waals surface area contributed by atoms with Gasteiger partial charge in [-0.25, -0.2) is 0 Å². The first-order valence-corrected chi connectivity index (χ1v) is 10.1. The van der Waals surface area contributed by atoms with Gasteiger partial charge in [0.1, 0.15) is 6.04 Å². The number of thioether (sulfide) groups is 1. The fraction of sp³-hybridized carbons (Fsp3) is 0.294. The Bertz CT molecular complexity index is 910. The molecule has 2 aromatic rings. The van der Waals surface area contributed by atoms with Gasteiger partial charge in [-0.05, 0) is 26.0 Å². The van der Waals surface area contributed by atoms with Gasteiger partial charge < -0.3 is 4.74 Å². The second-order valence-electron chi connectivity index (χ2n) is 5.66. The van der Waals surface area contributed by atoms with Crippen LogP contribution in [0.2, 0.25) is 0 Å². The van der Waals surface area contributed by atoms with Crippen molar-refractivity contribution in [2.45, 2.75) is 24.2 Å². The van der Waals surface area contributed by atoms with Crippen LogP contribution in [0.15, 0.2) is 28.6 Å². The van der Waals surface area contributed by atoms with E-state index in [4.69, 9.17) is 4.74 Å². The van der Waals surface area contributed by atoms with Gasteiger partial charge in [-0.3, -0.25) is 29.4 Å². The average molecular weight is 420 g/mol. The monoisotopic (exact) mass is 420 g/mol. The second-order valence-corrected chi connectivity index (χ2v) is 7.86. The van der Waals surface area contributed by atoms with Crippen LogP contribution >= 0.6 is 23.1 Å². The summed E-state index contributed by atoms with van der Waals surface area (Å²) in [4.78, 5) is 49.7. The number of hydrogen-bond acceptors (Lipinski definition) is 9. The van der Waals surface area contributed by atoms with Crippen LogP contribution in [0.1, 0.15) is 34.6 Å². The highest BCUT2D eigenvalue weighted by molar-refractivity contribution is 8.01. The van der Waals surface area contributed by atoms with Crippen molar-refractivity contribution in [3.8, 4) is 0 Å². The molecular weight excluding hydrogens is 404 g/mol. The molecule has 146 valence electrons. The lowest BCUT2D eigenvalue weighted by atomic mass is 10.1. The van der Waals surface area contributed by atoms with Crippen molar-refractivity contribution >= 4 is 51.9 Å². The quantitative estimate of drug-likeness (QED) is 0.312. The van der Waals surface area contributed by atoms with Gasteiger partial charge in [0.15, 0.2) is 4.34 Å². The third-order valence-corrected chi connectivity index (χ3v) is 5.79. The molecule has 0 radical (unpaired) electrons. The minimum Gasteiger partial charge on any atom is -0.465 e. The molecule has 0 fully saturated rings. The molecule has 28 heavy (non-hydrogen) atoms. The number of esters is 1. The molecule has 1 atom stereocenters. The number of fused-ring (bicyclic) bond motifs is 1. The minimum absolute atomic E-state index is 0.0852. The summed E-state index contributed by atoms with van der Waals surface area (Å²) >= 11 is 2.23. The van der Waals surface area contributed by atoms with E-state index in [2.05, 4.69) is 15.5 Å². The molecule has 9 nitrogen and oxygen atoms in total. The first-order valence-electron chi connectivity index (χ1n) is 8.32. The number of anilines is 1. The highest BCUT2D eigenvalue weighted by atomic mass is 32.2. The van der Waals surface area contributed by atoms with Crippen molar-refractivity contribution in [1.29, 1.82) is 0 Å². The van der Waals surface area contributed by atoms with Gasteiger partial charge in [0.05, 0.1) is 23.5 Å². The van der Waals surface area contributed by atoms with Crippen molar-refractivity contribution < 1.29 is 23.9 Å². The van der Waals surface area contributed by atoms with E-state index < -0.39 is 23.8 Å². The maximum atomic E-state index is 12.5. The zero-order valence-electron chi connectivity index (χ0n) is 15.0. The molecule has 1 N–H and O–H groups in total. The van der Waals surface area contributed by atoms with Gasteiger partial charge in [0.2, 0.25) is 11.0 Å². The number of hydrogen-bond donors (Lipinski definition) is 1. The van der Waals surface area contributed by atoms with Gasteiger partial charge in [-0.2, -0.15) is 0 Å². The molecule has 3 amide bonds. The average Bonchev–Trinajstić information content (AvgIpc) is 3.23. The number of benzene rings is 1. The molecule has 1 unspecified atom stereocenters. The molecule has 1 aromatic heterocycles. The van der Waals surface area contributed by atoms with Crippen molar-refractivity contribution in [1.82, 2.24) is 15.1 Å². The predicted molar refractivity (Wildman–Crippen MR) is 102 cm³/mol. The van der Waals surface area contributed by atoms with Gasteiger partial charge in [-0.1, -0.05) is 35.2 Å². The Kier molecular flexibility index (Phi) is 6.05. The second kappa shape index (κ2) is 8.48. The van der Waals surface area contributed by atoms with E-state index in [1.54, 1.807) is 31.2 Å². The van der Waals surface area contributed by atoms with E-state index in [0.717, 1.165) is 28.0 Å². The molecule has 0 bridgehead atoms. The molecular formula is C17H16N4O5S2. The van der Waals surface area contributed by atoms with Crippen LogP contribution in [0.3, 0.4) is 0 Å². The van der Waals surface area contributed by atoms with E-state index in [1.165, 1.54) is 6.92 Å². The number of rotatable bonds is 7. The Morgan fingerprint density at radius 1 is 1.21 bits per heavy atom. The van der Waals surface area contributed by atoms with Crippen LogP contribution in [0.25, 0.3) is 0 Å². The van der Waals surface area contributed by atoms with Crippen LogP contribution in [0.4, 0.5) is 5.13 Å². The van der Waals surface area contributed by atoms with E-state index in [1.807, 2.05) is 0 Å². The Hall–Kier alpha value is -2.79. The lowest BCUT2D eigenvalue weighted by molar-refractivity contribution is -0.139. The summed E-state index contributed by atoms with van der Waals surface area (Å²) in [5.74, 6) is -1.86. The van der Waals surface area contributed by atoms with E-state index >= 15 is 0 Å². The standard InChI is InChI=1S/C17H16N4O5S2/c1-3-26-12(22)8-27-17-20-19-16(28-17)18-13(23)9(2)21-14(24)10-6-4-5-7-11(10)15(21)25/h4-7,9H,3,8H2,1-2H3,(H,18,19,23). The zero-order valence-corrected chi connectivity index (χ0v) is 16.6. The molecule has 11 heteroatoms. The Labute approximate surface area is 168 Å². The normalized spacial score (nSPS) is 14.0. The van der Waals surface area contributed by atoms with Crippen LogP contribution in [-0.4, -0.2) is 57.2 Å². The summed E-state index contributed by atoms with van der Waals surface area (Å²) in [6.07, 6.45) is 0. The Morgan fingerprint density at radius 2 is 1.86 bits per heavy atom. The first-order chi connectivity index (χ1) is 13.4. The van der Waals surface area contributed by atoms with Gasteiger partial charge >= 0.3 is 5.97 Å². The topological polar surface area (TPSA) is 119 Å². The maximum Gasteiger partial charge on any atom is 0.316 e. The largest absolute Gasteiger partial charge is 0.465 e. The number of carbonyl (C=O) groups is 4. The van der Waals surface area contributed by atoms with Crippen LogP contribution in [0, 0.1) is 0 Å². The highest BCUT2D eigenvalue weighted by Gasteiger charge is 2.40. The van der Waals surface area contributed by atoms with Crippen molar-refractivity contribution in [2.24, 2.45) is 0 Å². The Morgan fingerprint density at radius 3 is 2.46 bits per heavy atom. The summed E-state index contributed by atoms with van der Waals surface area (Å²) in [5, 5.41) is 10.5. The summed E-state index contributed by atoms with van der Waals surface area (Å²) < 4.78 is 5.31. The molecule has 0 spiro atoms. The summed E-state index contributed by atoms with van der Waals surface area (Å²) in [7, 11) is 0. The number of aromatic nitrogens is 2. The maximum absolute atomic E-state index is 12.5. The smallest absolute Gasteiger partial charge is 0.316 e. The highest BCUT2D eigenvalue weighted by Crippen LogP contribution is 2.27. The third-order valence-electron chi connectivity index (χ3n) is 3.85. The van der Waals surface area contributed by atoms with Crippen LogP contribution in [0.5, 0.6) is 0 Å². The number of carbonyl (C=O) groups excluding carboxylic acids is 4. The first kappa shape index (κ1) is 20.0. The SMILES string of the molecule is CCOC(=O)CSc1nnc(NC(=O)C(C)N2C(=O)c3ccccc3C2=O)s1. The molecule has 3 rings (SSSR count). The number of nitrogens with one attached hydrogen (secondary N) is 1. The summed E-state index contributed by atoms with van der Waals surface area (Å²) in [5.41, 5.74) is 0.557. The number of amides is 3. The molecule has 0 saturated carbocycles. The molecule has 0 saturated heterocycles. The molecule has 1 aliphatic heterocycles. The molecule has 1 aliphatic rings. The van der Waals surface area contributed by atoms with Crippen LogP contribution < -0.4 is 5.32 Å². The minimum atomic E-state index is -1.02. The molecule has 0 aliphatic carbocycles. The Balaban J connectivity index is 1.62. The molecule has 2 heterocycles. The van der Waals surface area contributed by atoms with Crippen molar-refractivity contribution in [2.75, 3.05) is 17.7 Å². The number of ether oxygens (including phenoxy) is 1. The number of nitrogens with zero attached hydrogens (tertiary/aromatic N) is 3. The van der Waals surface area contributed by atoms with Crippen LogP contribution in [-0.2, 0) is 14.3 Å². The molecule has 1 aromatic carbocycles. The number of imide groups is 1. The van der Waals surface area contributed by atoms with Gasteiger partial charge in [0.25, 0.3) is 11.8 Å². The van der Waals surface area contributed by atoms with E-state index in [0.29, 0.717) is 10.9 Å². The van der Waals surface area contributed by atoms with Gasteiger partial charge in [0, 0.05) is 0 Å².